The zero-order valence-corrected chi connectivity index (χ0v) is 11.2. The minimum absolute atomic E-state index is 0.554. The van der Waals surface area contributed by atoms with Gasteiger partial charge in [0.25, 0.3) is 0 Å². The normalized spacial score (nSPS) is 18.0. The molecule has 2 aromatic rings. The lowest BCUT2D eigenvalue weighted by Gasteiger charge is -2.32. The van der Waals surface area contributed by atoms with Crippen LogP contribution in [0.4, 0.5) is 0 Å². The minimum atomic E-state index is -0.776. The van der Waals surface area contributed by atoms with E-state index in [4.69, 9.17) is 0 Å². The predicted molar refractivity (Wildman–Crippen MR) is 78.8 cm³/mol. The lowest BCUT2D eigenvalue weighted by molar-refractivity contribution is -0.143. The highest BCUT2D eigenvalue weighted by molar-refractivity contribution is 5.85. The lowest BCUT2D eigenvalue weighted by atomic mass is 10.0. The summed E-state index contributed by atoms with van der Waals surface area (Å²) < 4.78 is 0. The molecule has 1 fully saturated rings. The number of hydrogen-bond donors (Lipinski definition) is 2. The summed E-state index contributed by atoms with van der Waals surface area (Å²) in [7, 11) is 0. The van der Waals surface area contributed by atoms with Gasteiger partial charge in [0, 0.05) is 26.2 Å². The number of fused-ring (bicyclic) bond motifs is 1. The van der Waals surface area contributed by atoms with Gasteiger partial charge < -0.3 is 10.4 Å². The highest BCUT2D eigenvalue weighted by Gasteiger charge is 2.28. The fraction of sp³-hybridized carbons (Fsp3) is 0.312. The number of nitrogens with one attached hydrogen (secondary N) is 1. The Kier molecular flexibility index (Phi) is 3.67. The van der Waals surface area contributed by atoms with Crippen molar-refractivity contribution in [2.75, 3.05) is 26.2 Å². The third-order valence-corrected chi connectivity index (χ3v) is 3.84. The topological polar surface area (TPSA) is 52.6 Å². The van der Waals surface area contributed by atoms with Crippen LogP contribution in [0.2, 0.25) is 0 Å². The van der Waals surface area contributed by atoms with Crippen molar-refractivity contribution in [3.8, 4) is 0 Å². The first-order valence-corrected chi connectivity index (χ1v) is 6.92. The zero-order valence-electron chi connectivity index (χ0n) is 11.2. The van der Waals surface area contributed by atoms with E-state index in [0.717, 1.165) is 42.5 Å². The van der Waals surface area contributed by atoms with Crippen molar-refractivity contribution in [2.24, 2.45) is 0 Å². The molecule has 3 rings (SSSR count). The van der Waals surface area contributed by atoms with Crippen LogP contribution in [0.1, 0.15) is 11.6 Å². The Morgan fingerprint density at radius 2 is 1.80 bits per heavy atom. The molecule has 4 heteroatoms. The number of carboxylic acids is 1. The van der Waals surface area contributed by atoms with Gasteiger partial charge in [0.05, 0.1) is 0 Å². The second kappa shape index (κ2) is 5.61. The van der Waals surface area contributed by atoms with Crippen LogP contribution in [0.5, 0.6) is 0 Å². The Labute approximate surface area is 118 Å². The van der Waals surface area contributed by atoms with Crippen LogP contribution in [0, 0.1) is 0 Å². The van der Waals surface area contributed by atoms with Gasteiger partial charge in [0.15, 0.2) is 0 Å². The molecule has 1 saturated heterocycles. The van der Waals surface area contributed by atoms with E-state index in [-0.39, 0.29) is 0 Å². The number of aliphatic carboxylic acids is 1. The third-order valence-electron chi connectivity index (χ3n) is 3.84. The number of rotatable bonds is 3. The van der Waals surface area contributed by atoms with Gasteiger partial charge in [0.2, 0.25) is 0 Å². The maximum atomic E-state index is 11.7. The van der Waals surface area contributed by atoms with Crippen LogP contribution < -0.4 is 5.32 Å². The Balaban J connectivity index is 1.98. The van der Waals surface area contributed by atoms with Crippen molar-refractivity contribution in [3.63, 3.8) is 0 Å². The van der Waals surface area contributed by atoms with Gasteiger partial charge >= 0.3 is 5.97 Å². The van der Waals surface area contributed by atoms with Crippen LogP contribution >= 0.6 is 0 Å². The van der Waals surface area contributed by atoms with Gasteiger partial charge in [0.1, 0.15) is 6.04 Å². The summed E-state index contributed by atoms with van der Waals surface area (Å²) in [5.41, 5.74) is 0.859. The Morgan fingerprint density at radius 1 is 1.10 bits per heavy atom. The molecular formula is C16H18N2O2. The molecule has 1 aliphatic heterocycles. The van der Waals surface area contributed by atoms with Crippen molar-refractivity contribution in [2.45, 2.75) is 6.04 Å². The van der Waals surface area contributed by atoms with E-state index in [1.54, 1.807) is 0 Å². The van der Waals surface area contributed by atoms with E-state index >= 15 is 0 Å². The molecule has 0 saturated carbocycles. The second-order valence-corrected chi connectivity index (χ2v) is 5.13. The smallest absolute Gasteiger partial charge is 0.325 e. The molecule has 4 nitrogen and oxygen atoms in total. The first kappa shape index (κ1) is 13.1. The van der Waals surface area contributed by atoms with Crippen molar-refractivity contribution in [1.29, 1.82) is 0 Å². The zero-order chi connectivity index (χ0) is 13.9. The van der Waals surface area contributed by atoms with Crippen molar-refractivity contribution >= 4 is 16.7 Å². The Bertz CT molecular complexity index is 621. The molecule has 1 atom stereocenters. The molecule has 0 aromatic heterocycles. The van der Waals surface area contributed by atoms with Crippen molar-refractivity contribution < 1.29 is 9.90 Å². The molecule has 0 amide bonds. The SMILES string of the molecule is O=C(O)C(c1ccc2ccccc2c1)N1CCNCC1. The molecule has 2 aromatic carbocycles. The van der Waals surface area contributed by atoms with Gasteiger partial charge in [-0.1, -0.05) is 36.4 Å². The van der Waals surface area contributed by atoms with E-state index in [0.29, 0.717) is 0 Å². The molecule has 1 unspecified atom stereocenters. The van der Waals surface area contributed by atoms with E-state index < -0.39 is 12.0 Å². The summed E-state index contributed by atoms with van der Waals surface area (Å²) >= 11 is 0. The fourth-order valence-electron chi connectivity index (χ4n) is 2.83. The number of carboxylic acid groups (broad SMARTS) is 1. The quantitative estimate of drug-likeness (QED) is 0.894. The van der Waals surface area contributed by atoms with Crippen LogP contribution in [0.25, 0.3) is 10.8 Å². The van der Waals surface area contributed by atoms with Gasteiger partial charge in [-0.2, -0.15) is 0 Å². The van der Waals surface area contributed by atoms with Crippen molar-refractivity contribution in [3.05, 3.63) is 48.0 Å². The number of hydrogen-bond acceptors (Lipinski definition) is 3. The molecule has 0 radical (unpaired) electrons. The highest BCUT2D eigenvalue weighted by atomic mass is 16.4. The van der Waals surface area contributed by atoms with E-state index in [1.165, 1.54) is 0 Å². The third kappa shape index (κ3) is 2.53. The van der Waals surface area contributed by atoms with E-state index in [9.17, 15) is 9.90 Å². The van der Waals surface area contributed by atoms with Gasteiger partial charge in [-0.3, -0.25) is 9.69 Å². The summed E-state index contributed by atoms with van der Waals surface area (Å²) in [5, 5.41) is 15.1. The number of carbonyl (C=O) groups is 1. The molecule has 2 N–H and O–H groups in total. The molecule has 1 aliphatic rings. The van der Waals surface area contributed by atoms with Crippen LogP contribution in [0.3, 0.4) is 0 Å². The van der Waals surface area contributed by atoms with Gasteiger partial charge in [-0.15, -0.1) is 0 Å². The van der Waals surface area contributed by atoms with Crippen LogP contribution in [-0.2, 0) is 4.79 Å². The number of benzene rings is 2. The summed E-state index contributed by atoms with van der Waals surface area (Å²) in [6.45, 7) is 3.22. The van der Waals surface area contributed by atoms with Gasteiger partial charge in [-0.05, 0) is 22.4 Å². The summed E-state index contributed by atoms with van der Waals surface area (Å²) in [5.74, 6) is -0.776. The molecule has 0 spiro atoms. The van der Waals surface area contributed by atoms with Crippen LogP contribution in [-0.4, -0.2) is 42.2 Å². The monoisotopic (exact) mass is 270 g/mol. The van der Waals surface area contributed by atoms with E-state index in [1.807, 2.05) is 47.4 Å². The summed E-state index contributed by atoms with van der Waals surface area (Å²) in [4.78, 5) is 13.7. The van der Waals surface area contributed by atoms with Crippen LogP contribution in [0.15, 0.2) is 42.5 Å². The maximum Gasteiger partial charge on any atom is 0.325 e. The van der Waals surface area contributed by atoms with E-state index in [2.05, 4.69) is 5.32 Å². The average Bonchev–Trinajstić information content (AvgIpc) is 2.48. The predicted octanol–water partition coefficient (Wildman–Crippen LogP) is 1.87. The number of piperazine rings is 1. The summed E-state index contributed by atoms with van der Waals surface area (Å²) in [6.07, 6.45) is 0. The van der Waals surface area contributed by atoms with Crippen molar-refractivity contribution in [1.82, 2.24) is 10.2 Å². The first-order chi connectivity index (χ1) is 9.75. The van der Waals surface area contributed by atoms with Gasteiger partial charge in [-0.25, -0.2) is 0 Å². The highest BCUT2D eigenvalue weighted by Crippen LogP contribution is 2.25. The minimum Gasteiger partial charge on any atom is -0.480 e. The molecule has 1 heterocycles. The molecule has 0 bridgehead atoms. The Hall–Kier alpha value is -1.91. The second-order valence-electron chi connectivity index (χ2n) is 5.13. The first-order valence-electron chi connectivity index (χ1n) is 6.92. The Morgan fingerprint density at radius 3 is 2.50 bits per heavy atom. The fourth-order valence-corrected chi connectivity index (χ4v) is 2.83. The standard InChI is InChI=1S/C16H18N2O2/c19-16(20)15(18-9-7-17-8-10-18)14-6-5-12-3-1-2-4-13(12)11-14/h1-6,11,15,17H,7-10H2,(H,19,20). The molecular weight excluding hydrogens is 252 g/mol. The average molecular weight is 270 g/mol. The molecule has 0 aliphatic carbocycles. The largest absolute Gasteiger partial charge is 0.480 e. The lowest BCUT2D eigenvalue weighted by Crippen LogP contribution is -2.47. The number of nitrogens with zero attached hydrogens (tertiary/aromatic N) is 1. The maximum absolute atomic E-state index is 11.7. The molecule has 20 heavy (non-hydrogen) atoms. The summed E-state index contributed by atoms with van der Waals surface area (Å²) in [6, 6.07) is 13.4. The molecule has 104 valence electrons.